The summed E-state index contributed by atoms with van der Waals surface area (Å²) in [6, 6.07) is 0. The fourth-order valence-electron chi connectivity index (χ4n) is 3.59. The Bertz CT molecular complexity index is 1060. The maximum atomic E-state index is 12.5. The van der Waals surface area contributed by atoms with Gasteiger partial charge in [0.25, 0.3) is 0 Å². The van der Waals surface area contributed by atoms with Gasteiger partial charge in [-0.2, -0.15) is 0 Å². The smallest absolute Gasteiger partial charge is 0.462 e. The number of aliphatic hydroxyl groups is 2. The fourth-order valence-corrected chi connectivity index (χ4v) is 4.37. The first-order chi connectivity index (χ1) is 22.7. The van der Waals surface area contributed by atoms with Gasteiger partial charge in [-0.05, 0) is 44.9 Å². The molecule has 0 amide bonds. The molecule has 0 aliphatic rings. The predicted octanol–water partition coefficient (Wildman–Crippen LogP) is 7.54. The Morgan fingerprint density at radius 3 is 1.81 bits per heavy atom. The van der Waals surface area contributed by atoms with Gasteiger partial charge in [0.15, 0.2) is 6.10 Å². The van der Waals surface area contributed by atoms with E-state index in [0.717, 1.165) is 32.1 Å². The van der Waals surface area contributed by atoms with Gasteiger partial charge in [0.1, 0.15) is 12.7 Å². The zero-order valence-corrected chi connectivity index (χ0v) is 29.1. The van der Waals surface area contributed by atoms with E-state index >= 15 is 0 Å². The molecule has 0 aromatic rings. The molecule has 0 saturated heterocycles. The van der Waals surface area contributed by atoms with E-state index in [1.807, 2.05) is 60.8 Å². The number of unbranched alkanes of at least 4 members (excludes halogenated alkanes) is 6. The Hall–Kier alpha value is -2.85. The zero-order chi connectivity index (χ0) is 34.9. The third-order valence-electron chi connectivity index (χ3n) is 6.19. The Balaban J connectivity index is 4.66. The molecule has 0 aromatic heterocycles. The minimum atomic E-state index is -4.64. The molecule has 0 radical (unpaired) electrons. The van der Waals surface area contributed by atoms with Gasteiger partial charge in [0.05, 0.1) is 19.8 Å². The summed E-state index contributed by atoms with van der Waals surface area (Å²) in [5, 5.41) is 18.2. The van der Waals surface area contributed by atoms with Crippen molar-refractivity contribution in [1.82, 2.24) is 0 Å². The van der Waals surface area contributed by atoms with Crippen molar-refractivity contribution >= 4 is 19.8 Å². The van der Waals surface area contributed by atoms with Crippen molar-refractivity contribution in [3.8, 4) is 0 Å². The Labute approximate surface area is 281 Å². The van der Waals surface area contributed by atoms with Gasteiger partial charge in [-0.1, -0.05) is 118 Å². The number of ether oxygens (including phenoxy) is 2. The quantitative estimate of drug-likeness (QED) is 0.0313. The second kappa shape index (κ2) is 31.7. The van der Waals surface area contributed by atoms with Gasteiger partial charge in [-0.25, -0.2) is 4.57 Å². The van der Waals surface area contributed by atoms with Gasteiger partial charge in [0.2, 0.25) is 0 Å². The molecule has 0 spiro atoms. The minimum absolute atomic E-state index is 0.0768. The number of rotatable bonds is 29. The van der Waals surface area contributed by atoms with E-state index < -0.39 is 51.8 Å². The molecule has 11 heteroatoms. The molecule has 0 aliphatic heterocycles. The van der Waals surface area contributed by atoms with Crippen molar-refractivity contribution in [2.24, 2.45) is 0 Å². The number of hydrogen-bond donors (Lipinski definition) is 3. The number of esters is 2. The Morgan fingerprint density at radius 2 is 1.19 bits per heavy atom. The van der Waals surface area contributed by atoms with Crippen LogP contribution in [0.1, 0.15) is 90.9 Å². The molecule has 0 aromatic carbocycles. The molecule has 3 N–H and O–H groups in total. The fraction of sp³-hybridized carbons (Fsp3) is 0.556. The van der Waals surface area contributed by atoms with E-state index in [1.54, 1.807) is 0 Å². The van der Waals surface area contributed by atoms with E-state index in [4.69, 9.17) is 19.1 Å². The third kappa shape index (κ3) is 31.5. The summed E-state index contributed by atoms with van der Waals surface area (Å²) in [5.74, 6) is -1.06. The normalized spacial score (nSPS) is 15.3. The second-order valence-corrected chi connectivity index (χ2v) is 12.1. The average molecular weight is 681 g/mol. The number of carbonyl (C=O) groups excluding carboxylic acids is 2. The third-order valence-corrected chi connectivity index (χ3v) is 7.14. The zero-order valence-electron chi connectivity index (χ0n) is 28.2. The van der Waals surface area contributed by atoms with Crippen LogP contribution in [0.2, 0.25) is 0 Å². The number of phosphoric ester groups is 1. The van der Waals surface area contributed by atoms with Crippen LogP contribution in [-0.2, 0) is 32.7 Å². The average Bonchev–Trinajstić information content (AvgIpc) is 3.05. The van der Waals surface area contributed by atoms with Crippen LogP contribution in [0.3, 0.4) is 0 Å². The maximum absolute atomic E-state index is 12.5. The summed E-state index contributed by atoms with van der Waals surface area (Å²) in [5.41, 5.74) is 0. The van der Waals surface area contributed by atoms with Crippen molar-refractivity contribution < 1.29 is 47.8 Å². The lowest BCUT2D eigenvalue weighted by atomic mass is 10.1. The van der Waals surface area contributed by atoms with E-state index in [-0.39, 0.29) is 19.4 Å². The van der Waals surface area contributed by atoms with E-state index in [9.17, 15) is 24.2 Å². The topological polar surface area (TPSA) is 149 Å². The summed E-state index contributed by atoms with van der Waals surface area (Å²) in [6.45, 7) is 2.00. The lowest BCUT2D eigenvalue weighted by Gasteiger charge is -2.20. The molecule has 0 saturated carbocycles. The van der Waals surface area contributed by atoms with Crippen LogP contribution >= 0.6 is 7.82 Å². The largest absolute Gasteiger partial charge is 0.472 e. The molecule has 0 heterocycles. The van der Waals surface area contributed by atoms with Gasteiger partial charge < -0.3 is 24.6 Å². The van der Waals surface area contributed by atoms with Crippen molar-refractivity contribution in [2.75, 3.05) is 26.4 Å². The van der Waals surface area contributed by atoms with E-state index in [0.29, 0.717) is 19.3 Å². The van der Waals surface area contributed by atoms with Gasteiger partial charge >= 0.3 is 19.8 Å². The first kappa shape index (κ1) is 44.1. The number of allylic oxidation sites excluding steroid dienone is 14. The first-order valence-corrected chi connectivity index (χ1v) is 18.1. The highest BCUT2D eigenvalue weighted by Crippen LogP contribution is 2.43. The highest BCUT2D eigenvalue weighted by atomic mass is 31.2. The SMILES string of the molecule is CC/C=C/C=C/C=C/C=C/C=C/CCCC(=O)OC(COC(=O)CCCCC/C=C/C=C/CCCC)COP(=O)(O)OC[C@@H](O)CO. The standard InChI is InChI=1S/C36H57O10P/c1-3-5-7-9-11-13-15-16-18-20-22-24-26-28-36(40)46-34(32-45-47(41,42)44-30-33(38)29-37)31-43-35(39)27-25-23-21-19-17-14-12-10-8-6-4-2/h5,7,9-18,20,22,33-34,37-38H,3-4,6,8,19,21,23-32H2,1-2H3,(H,41,42)/b7-5+,11-9+,12-10+,15-13+,17-14+,18-16+,22-20+/t33-,34?/m0/s1. The Morgan fingerprint density at radius 1 is 0.660 bits per heavy atom. The van der Waals surface area contributed by atoms with Crippen LogP contribution in [0.5, 0.6) is 0 Å². The van der Waals surface area contributed by atoms with Gasteiger partial charge in [-0.15, -0.1) is 0 Å². The Kier molecular flexibility index (Phi) is 29.8. The van der Waals surface area contributed by atoms with Crippen LogP contribution in [0.25, 0.3) is 0 Å². The molecule has 3 atom stereocenters. The molecule has 2 unspecified atom stereocenters. The summed E-state index contributed by atoms with van der Waals surface area (Å²) in [6.07, 6.45) is 34.4. The molecule has 10 nitrogen and oxygen atoms in total. The monoisotopic (exact) mass is 680 g/mol. The molecular formula is C36H57O10P. The molecule has 47 heavy (non-hydrogen) atoms. The number of hydrogen-bond acceptors (Lipinski definition) is 9. The lowest BCUT2D eigenvalue weighted by molar-refractivity contribution is -0.161. The number of aliphatic hydroxyl groups excluding tert-OH is 2. The van der Waals surface area contributed by atoms with E-state index in [2.05, 4.69) is 42.7 Å². The van der Waals surface area contributed by atoms with Crippen LogP contribution < -0.4 is 0 Å². The van der Waals surface area contributed by atoms with Crippen molar-refractivity contribution in [1.29, 1.82) is 0 Å². The number of phosphoric acid groups is 1. The lowest BCUT2D eigenvalue weighted by Crippen LogP contribution is -2.29. The summed E-state index contributed by atoms with van der Waals surface area (Å²) in [7, 11) is -4.64. The van der Waals surface area contributed by atoms with Gasteiger partial charge in [-0.3, -0.25) is 18.6 Å². The molecular weight excluding hydrogens is 623 g/mol. The van der Waals surface area contributed by atoms with Crippen molar-refractivity contribution in [3.05, 3.63) is 85.1 Å². The van der Waals surface area contributed by atoms with Gasteiger partial charge in [0, 0.05) is 12.8 Å². The summed E-state index contributed by atoms with van der Waals surface area (Å²) < 4.78 is 32.3. The summed E-state index contributed by atoms with van der Waals surface area (Å²) >= 11 is 0. The predicted molar refractivity (Wildman–Crippen MR) is 186 cm³/mol. The maximum Gasteiger partial charge on any atom is 0.472 e. The van der Waals surface area contributed by atoms with Crippen LogP contribution in [0, 0.1) is 0 Å². The highest BCUT2D eigenvalue weighted by molar-refractivity contribution is 7.47. The molecule has 0 bridgehead atoms. The van der Waals surface area contributed by atoms with Crippen molar-refractivity contribution in [2.45, 2.75) is 103 Å². The number of carbonyl (C=O) groups is 2. The molecule has 0 fully saturated rings. The second-order valence-electron chi connectivity index (χ2n) is 10.6. The molecule has 266 valence electrons. The van der Waals surface area contributed by atoms with Crippen LogP contribution in [0.4, 0.5) is 0 Å². The van der Waals surface area contributed by atoms with Crippen LogP contribution in [-0.4, -0.2) is 65.7 Å². The summed E-state index contributed by atoms with van der Waals surface area (Å²) in [4.78, 5) is 34.6. The molecule has 0 aliphatic carbocycles. The minimum Gasteiger partial charge on any atom is -0.462 e. The first-order valence-electron chi connectivity index (χ1n) is 16.6. The molecule has 0 rings (SSSR count). The highest BCUT2D eigenvalue weighted by Gasteiger charge is 2.27. The van der Waals surface area contributed by atoms with Crippen LogP contribution in [0.15, 0.2) is 85.1 Å². The van der Waals surface area contributed by atoms with E-state index in [1.165, 1.54) is 12.8 Å². The van der Waals surface area contributed by atoms with Crippen molar-refractivity contribution in [3.63, 3.8) is 0 Å².